The molecule has 6 aromatic rings. The summed E-state index contributed by atoms with van der Waals surface area (Å²) in [6, 6.07) is 24.8. The van der Waals surface area contributed by atoms with E-state index in [0.29, 0.717) is 4.57 Å². The summed E-state index contributed by atoms with van der Waals surface area (Å²) >= 11 is 0.723. The number of rotatable bonds is 14. The van der Waals surface area contributed by atoms with E-state index in [0.717, 1.165) is 55.7 Å². The van der Waals surface area contributed by atoms with Gasteiger partial charge in [0.1, 0.15) is 17.2 Å². The van der Waals surface area contributed by atoms with E-state index in [9.17, 15) is 32.7 Å². The van der Waals surface area contributed by atoms with Gasteiger partial charge in [0.15, 0.2) is 29.0 Å². The molecule has 4 aromatic carbocycles. The minimum absolute atomic E-state index is 0.0121. The summed E-state index contributed by atoms with van der Waals surface area (Å²) in [5.74, 6) is -5.23. The molecule has 53 heavy (non-hydrogen) atoms. The topological polar surface area (TPSA) is 144 Å². The van der Waals surface area contributed by atoms with Crippen molar-refractivity contribution in [2.75, 3.05) is 27.3 Å². The lowest BCUT2D eigenvalue weighted by Gasteiger charge is -2.16. The number of H-pyrrole nitrogens is 1. The van der Waals surface area contributed by atoms with Crippen LogP contribution in [0.15, 0.2) is 99.9 Å². The third-order valence-corrected chi connectivity index (χ3v) is 8.86. The number of aromatic carboxylic acids is 1. The molecule has 0 saturated carbocycles. The van der Waals surface area contributed by atoms with E-state index in [2.05, 4.69) is 64.1 Å². The average Bonchev–Trinajstić information content (AvgIpc) is 3.60. The van der Waals surface area contributed by atoms with E-state index in [-0.39, 0.29) is 38.6 Å². The number of aromatic nitrogens is 2. The summed E-state index contributed by atoms with van der Waals surface area (Å²) in [6.45, 7) is 3.28. The molecule has 0 aliphatic rings. The number of carboxylic acid groups (broad SMARTS) is 1. The zero-order valence-electron chi connectivity index (χ0n) is 28.6. The predicted octanol–water partition coefficient (Wildman–Crippen LogP) is 6.02. The second-order valence-corrected chi connectivity index (χ2v) is 12.2. The lowest BCUT2D eigenvalue weighted by molar-refractivity contribution is 0.0704. The molecule has 0 spiro atoms. The number of nitrogens with one attached hydrogen (secondary N) is 3. The zero-order chi connectivity index (χ0) is 37.9. The molecule has 6 rings (SSSR count). The van der Waals surface area contributed by atoms with Crippen molar-refractivity contribution < 1.29 is 37.3 Å². The molecule has 0 saturated heterocycles. The number of aromatic amines is 1. The number of carboxylic acids is 1. The van der Waals surface area contributed by atoms with E-state index in [4.69, 9.17) is 14.2 Å². The zero-order valence-corrected chi connectivity index (χ0v) is 29.4. The van der Waals surface area contributed by atoms with Crippen molar-refractivity contribution in [1.82, 2.24) is 20.2 Å². The number of hydrogen-bond donors (Lipinski definition) is 4. The lowest BCUT2D eigenvalue weighted by Crippen LogP contribution is -2.34. The van der Waals surface area contributed by atoms with Crippen molar-refractivity contribution in [2.45, 2.75) is 19.7 Å². The van der Waals surface area contributed by atoms with Crippen LogP contribution in [0.25, 0.3) is 16.6 Å². The van der Waals surface area contributed by atoms with E-state index >= 15 is 0 Å². The van der Waals surface area contributed by atoms with Gasteiger partial charge in [-0.2, -0.15) is 0 Å². The van der Waals surface area contributed by atoms with E-state index in [1.54, 1.807) is 0 Å². The molecule has 2 heterocycles. The normalized spacial score (nSPS) is 10.8. The van der Waals surface area contributed by atoms with Gasteiger partial charge in [0.25, 0.3) is 5.56 Å². The third-order valence-electron chi connectivity index (χ3n) is 7.89. The van der Waals surface area contributed by atoms with Crippen LogP contribution in [0.4, 0.5) is 13.2 Å². The first-order chi connectivity index (χ1) is 25.6. The molecule has 0 unspecified atom stereocenters. The molecule has 0 aliphatic heterocycles. The van der Waals surface area contributed by atoms with Crippen LogP contribution < -0.4 is 36.1 Å². The van der Waals surface area contributed by atoms with Gasteiger partial charge in [0.2, 0.25) is 0 Å². The minimum atomic E-state index is -1.40. The number of fused-ring (bicyclic) bond motifs is 1. The molecular weight excluding hydrogens is 713 g/mol. The lowest BCUT2D eigenvalue weighted by atomic mass is 10.2. The average molecular weight is 749 g/mol. The van der Waals surface area contributed by atoms with Crippen molar-refractivity contribution in [3.05, 3.63) is 150 Å². The fourth-order valence-corrected chi connectivity index (χ4v) is 6.09. The van der Waals surface area contributed by atoms with Crippen LogP contribution in [-0.2, 0) is 19.7 Å². The van der Waals surface area contributed by atoms with Gasteiger partial charge in [-0.15, -0.1) is 11.3 Å². The van der Waals surface area contributed by atoms with Crippen molar-refractivity contribution in [3.8, 4) is 22.9 Å². The Balaban J connectivity index is 0.000000252. The standard InChI is InChI=1S/C22H15F3N2O7S.C16H20N2/c1-32-14-4-3-10(23)18(25)9(14)7-34-16-6-13(11(24)5-15(16)33-2)27-20(28)17-12(26-22(27)31)8-35-19(17)21(29)30;1-3-7-15(8-4-1)13-17-11-12-18-14-16-9-5-2-6-10-16/h3-6,8H,7H2,1-2H3,(H,26,31)(H,29,30);1-10,17-18H,11-14H2. The van der Waals surface area contributed by atoms with Crippen LogP contribution in [0.2, 0.25) is 0 Å². The van der Waals surface area contributed by atoms with Gasteiger partial charge in [-0.1, -0.05) is 60.7 Å². The number of benzene rings is 4. The third kappa shape index (κ3) is 9.32. The summed E-state index contributed by atoms with van der Waals surface area (Å²) in [6.07, 6.45) is 0. The number of thiophene rings is 1. The molecule has 11 nitrogen and oxygen atoms in total. The van der Waals surface area contributed by atoms with Gasteiger partial charge in [0, 0.05) is 43.7 Å². The predicted molar refractivity (Wildman–Crippen MR) is 195 cm³/mol. The highest BCUT2D eigenvalue weighted by molar-refractivity contribution is 7.13. The number of nitrogens with zero attached hydrogens (tertiary/aromatic N) is 1. The highest BCUT2D eigenvalue weighted by Crippen LogP contribution is 2.34. The number of ether oxygens (including phenoxy) is 3. The van der Waals surface area contributed by atoms with Crippen LogP contribution in [-0.4, -0.2) is 47.9 Å². The summed E-state index contributed by atoms with van der Waals surface area (Å²) < 4.78 is 59.0. The summed E-state index contributed by atoms with van der Waals surface area (Å²) in [7, 11) is 2.44. The summed E-state index contributed by atoms with van der Waals surface area (Å²) in [4.78, 5) is 39.1. The van der Waals surface area contributed by atoms with Gasteiger partial charge in [-0.05, 0) is 23.3 Å². The van der Waals surface area contributed by atoms with Crippen LogP contribution in [0, 0.1) is 17.5 Å². The Kier molecular flexibility index (Phi) is 13.0. The Hall–Kier alpha value is -5.90. The Morgan fingerprint density at radius 1 is 0.811 bits per heavy atom. The number of methoxy groups -OCH3 is 2. The Morgan fingerprint density at radius 2 is 1.42 bits per heavy atom. The maximum absolute atomic E-state index is 15.0. The van der Waals surface area contributed by atoms with Crippen LogP contribution in [0.1, 0.15) is 26.4 Å². The molecule has 0 radical (unpaired) electrons. The van der Waals surface area contributed by atoms with E-state index in [1.807, 2.05) is 12.1 Å². The smallest absolute Gasteiger partial charge is 0.346 e. The maximum atomic E-state index is 15.0. The van der Waals surface area contributed by atoms with Gasteiger partial charge in [0.05, 0.1) is 36.4 Å². The van der Waals surface area contributed by atoms with Gasteiger partial charge in [-0.3, -0.25) is 4.79 Å². The second-order valence-electron chi connectivity index (χ2n) is 11.3. The van der Waals surface area contributed by atoms with Gasteiger partial charge in [-0.25, -0.2) is 27.3 Å². The fraction of sp³-hybridized carbons (Fsp3) is 0.184. The highest BCUT2D eigenvalue weighted by Gasteiger charge is 2.23. The van der Waals surface area contributed by atoms with Crippen molar-refractivity contribution in [1.29, 1.82) is 0 Å². The summed E-state index contributed by atoms with van der Waals surface area (Å²) in [5.41, 5.74) is -0.316. The van der Waals surface area contributed by atoms with Crippen LogP contribution in [0.3, 0.4) is 0 Å². The molecule has 0 amide bonds. The van der Waals surface area contributed by atoms with Crippen LogP contribution >= 0.6 is 11.3 Å². The van der Waals surface area contributed by atoms with Crippen molar-refractivity contribution in [3.63, 3.8) is 0 Å². The molecule has 4 N–H and O–H groups in total. The van der Waals surface area contributed by atoms with Crippen LogP contribution in [0.5, 0.6) is 17.2 Å². The van der Waals surface area contributed by atoms with Crippen molar-refractivity contribution >= 4 is 28.2 Å². The number of hydrogen-bond acceptors (Lipinski definition) is 9. The maximum Gasteiger partial charge on any atom is 0.346 e. The fourth-order valence-electron chi connectivity index (χ4n) is 5.27. The quantitative estimate of drug-likeness (QED) is 0.0984. The minimum Gasteiger partial charge on any atom is -0.496 e. The largest absolute Gasteiger partial charge is 0.496 e. The first-order valence-corrected chi connectivity index (χ1v) is 17.0. The second kappa shape index (κ2) is 18.0. The molecule has 15 heteroatoms. The molecule has 0 aliphatic carbocycles. The van der Waals surface area contributed by atoms with E-state index in [1.165, 1.54) is 36.8 Å². The molecule has 0 bridgehead atoms. The Labute approximate surface area is 305 Å². The van der Waals surface area contributed by atoms with Gasteiger partial charge < -0.3 is 34.9 Å². The summed E-state index contributed by atoms with van der Waals surface area (Å²) in [5, 5.41) is 17.2. The molecule has 0 atom stereocenters. The molecule has 276 valence electrons. The van der Waals surface area contributed by atoms with Gasteiger partial charge >= 0.3 is 11.7 Å². The van der Waals surface area contributed by atoms with E-state index < -0.39 is 47.0 Å². The Bertz CT molecular complexity index is 2250. The first kappa shape index (κ1) is 38.3. The number of carbonyl (C=O) groups is 1. The molecule has 2 aromatic heterocycles. The number of halogens is 3. The highest BCUT2D eigenvalue weighted by atomic mass is 32.1. The Morgan fingerprint density at radius 3 is 1.98 bits per heavy atom. The SMILES string of the molecule is COc1cc(F)c(-n2c(=O)[nH]c3csc(C(=O)O)c3c2=O)cc1OCc1c(OC)ccc(F)c1F.c1ccc(CNCCNCc2ccccc2)cc1. The molecular formula is C38H35F3N4O7S. The van der Waals surface area contributed by atoms with Crippen molar-refractivity contribution in [2.24, 2.45) is 0 Å². The first-order valence-electron chi connectivity index (χ1n) is 16.1. The monoisotopic (exact) mass is 748 g/mol. The molecule has 0 fully saturated rings.